The average molecular weight is 341 g/mol. The van der Waals surface area contributed by atoms with Gasteiger partial charge in [-0.05, 0) is 46.9 Å². The van der Waals surface area contributed by atoms with Crippen LogP contribution in [-0.2, 0) is 0 Å². The van der Waals surface area contributed by atoms with E-state index in [1.54, 1.807) is 18.2 Å². The first-order valence-electron chi connectivity index (χ1n) is 4.61. The number of halogens is 2. The van der Waals surface area contributed by atoms with E-state index in [0.717, 1.165) is 0 Å². The summed E-state index contributed by atoms with van der Waals surface area (Å²) in [5.41, 5.74) is 0.266. The van der Waals surface area contributed by atoms with Gasteiger partial charge in [-0.2, -0.15) is 5.26 Å². The molecule has 84 valence electrons. The SMILES string of the molecule is N#Cc1c(-c2ccc(C=O)o2)ccc(I)c1F. The Balaban J connectivity index is 2.64. The summed E-state index contributed by atoms with van der Waals surface area (Å²) in [5, 5.41) is 8.94. The number of nitrogens with zero attached hydrogens (tertiary/aromatic N) is 1. The van der Waals surface area contributed by atoms with Gasteiger partial charge in [0.05, 0.1) is 9.13 Å². The Hall–Kier alpha value is -1.68. The summed E-state index contributed by atoms with van der Waals surface area (Å²) < 4.78 is 19.2. The van der Waals surface area contributed by atoms with Crippen molar-refractivity contribution >= 4 is 28.9 Å². The summed E-state index contributed by atoms with van der Waals surface area (Å²) in [7, 11) is 0. The lowest BCUT2D eigenvalue weighted by molar-refractivity contribution is 0.110. The summed E-state index contributed by atoms with van der Waals surface area (Å²) in [6.07, 6.45) is 0.554. The topological polar surface area (TPSA) is 54.0 Å². The van der Waals surface area contributed by atoms with Crippen LogP contribution < -0.4 is 0 Å². The second kappa shape index (κ2) is 4.67. The van der Waals surface area contributed by atoms with Crippen LogP contribution in [0.1, 0.15) is 16.1 Å². The highest BCUT2D eigenvalue weighted by Crippen LogP contribution is 2.28. The molecule has 0 saturated carbocycles. The highest BCUT2D eigenvalue weighted by molar-refractivity contribution is 14.1. The summed E-state index contributed by atoms with van der Waals surface area (Å²) in [6, 6.07) is 7.95. The van der Waals surface area contributed by atoms with Gasteiger partial charge in [-0.1, -0.05) is 0 Å². The van der Waals surface area contributed by atoms with Crippen molar-refractivity contribution in [1.82, 2.24) is 0 Å². The number of aldehydes is 1. The van der Waals surface area contributed by atoms with Crippen molar-refractivity contribution in [2.24, 2.45) is 0 Å². The molecule has 2 rings (SSSR count). The second-order valence-electron chi connectivity index (χ2n) is 3.22. The Morgan fingerprint density at radius 2 is 2.12 bits per heavy atom. The predicted octanol–water partition coefficient (Wildman–Crippen LogP) is 3.37. The average Bonchev–Trinajstić information content (AvgIpc) is 2.81. The fourth-order valence-electron chi connectivity index (χ4n) is 1.43. The van der Waals surface area contributed by atoms with Crippen molar-refractivity contribution in [3.05, 3.63) is 45.0 Å². The van der Waals surface area contributed by atoms with Gasteiger partial charge in [0, 0.05) is 5.56 Å². The van der Waals surface area contributed by atoms with Crippen molar-refractivity contribution < 1.29 is 13.6 Å². The minimum absolute atomic E-state index is 0.0799. The fourth-order valence-corrected chi connectivity index (χ4v) is 1.88. The highest BCUT2D eigenvalue weighted by Gasteiger charge is 2.15. The van der Waals surface area contributed by atoms with Gasteiger partial charge in [0.2, 0.25) is 0 Å². The van der Waals surface area contributed by atoms with Gasteiger partial charge in [-0.3, -0.25) is 4.79 Å². The predicted molar refractivity (Wildman–Crippen MR) is 66.9 cm³/mol. The molecule has 1 aromatic carbocycles. The maximum absolute atomic E-state index is 13.7. The van der Waals surface area contributed by atoms with Crippen LogP contribution in [0.2, 0.25) is 0 Å². The number of furan rings is 1. The van der Waals surface area contributed by atoms with Crippen molar-refractivity contribution in [2.45, 2.75) is 0 Å². The Kier molecular flexibility index (Phi) is 3.24. The van der Waals surface area contributed by atoms with Crippen LogP contribution in [0.15, 0.2) is 28.7 Å². The van der Waals surface area contributed by atoms with Gasteiger partial charge in [0.1, 0.15) is 11.8 Å². The summed E-state index contributed by atoms with van der Waals surface area (Å²) in [4.78, 5) is 10.5. The van der Waals surface area contributed by atoms with Gasteiger partial charge < -0.3 is 4.42 Å². The zero-order chi connectivity index (χ0) is 12.4. The molecule has 0 N–H and O–H groups in total. The molecule has 2 aromatic rings. The largest absolute Gasteiger partial charge is 0.453 e. The molecule has 5 heteroatoms. The standard InChI is InChI=1S/C12H5FINO2/c13-12-9(5-15)8(2-3-10(12)14)11-4-1-7(6-16)17-11/h1-4,6H. The van der Waals surface area contributed by atoms with Gasteiger partial charge in [-0.15, -0.1) is 0 Å². The number of benzene rings is 1. The lowest BCUT2D eigenvalue weighted by Crippen LogP contribution is -1.92. The molecule has 0 amide bonds. The molecule has 0 unspecified atom stereocenters. The van der Waals surface area contributed by atoms with Crippen LogP contribution in [0.3, 0.4) is 0 Å². The number of hydrogen-bond acceptors (Lipinski definition) is 3. The molecule has 0 atom stereocenters. The Morgan fingerprint density at radius 3 is 2.71 bits per heavy atom. The lowest BCUT2D eigenvalue weighted by Gasteiger charge is -2.03. The van der Waals surface area contributed by atoms with Crippen molar-refractivity contribution in [1.29, 1.82) is 5.26 Å². The monoisotopic (exact) mass is 341 g/mol. The van der Waals surface area contributed by atoms with Crippen molar-refractivity contribution in [2.75, 3.05) is 0 Å². The van der Waals surface area contributed by atoms with E-state index < -0.39 is 5.82 Å². The molecular formula is C12H5FINO2. The van der Waals surface area contributed by atoms with Gasteiger partial charge in [0.25, 0.3) is 0 Å². The van der Waals surface area contributed by atoms with Crippen molar-refractivity contribution in [3.63, 3.8) is 0 Å². The van der Waals surface area contributed by atoms with E-state index in [-0.39, 0.29) is 11.3 Å². The first-order chi connectivity index (χ1) is 8.17. The zero-order valence-corrected chi connectivity index (χ0v) is 10.6. The number of hydrogen-bond donors (Lipinski definition) is 0. The summed E-state index contributed by atoms with van der Waals surface area (Å²) in [5.74, 6) is -0.128. The summed E-state index contributed by atoms with van der Waals surface area (Å²) >= 11 is 1.81. The maximum atomic E-state index is 13.7. The normalized spacial score (nSPS) is 9.94. The quantitative estimate of drug-likeness (QED) is 0.622. The number of nitriles is 1. The molecule has 3 nitrogen and oxygen atoms in total. The Labute approximate surface area is 110 Å². The molecule has 0 bridgehead atoms. The zero-order valence-electron chi connectivity index (χ0n) is 8.41. The number of carbonyl (C=O) groups is 1. The van der Waals surface area contributed by atoms with E-state index in [2.05, 4.69) is 0 Å². The molecule has 0 aliphatic rings. The van der Waals surface area contributed by atoms with Gasteiger partial charge in [-0.25, -0.2) is 4.39 Å². The Morgan fingerprint density at radius 1 is 1.35 bits per heavy atom. The number of carbonyl (C=O) groups excluding carboxylic acids is 1. The molecule has 17 heavy (non-hydrogen) atoms. The van der Waals surface area contributed by atoms with Crippen LogP contribution in [0, 0.1) is 20.7 Å². The van der Waals surface area contributed by atoms with E-state index in [1.165, 1.54) is 12.1 Å². The van der Waals surface area contributed by atoms with Crippen LogP contribution in [0.5, 0.6) is 0 Å². The molecule has 0 aliphatic heterocycles. The lowest BCUT2D eigenvalue weighted by atomic mass is 10.1. The fraction of sp³-hybridized carbons (Fsp3) is 0. The number of rotatable bonds is 2. The van der Waals surface area contributed by atoms with Gasteiger partial charge >= 0.3 is 0 Å². The maximum Gasteiger partial charge on any atom is 0.185 e. The van der Waals surface area contributed by atoms with Gasteiger partial charge in [0.15, 0.2) is 17.9 Å². The minimum Gasteiger partial charge on any atom is -0.453 e. The molecule has 1 aromatic heterocycles. The molecule has 1 heterocycles. The molecule has 0 aliphatic carbocycles. The highest BCUT2D eigenvalue weighted by atomic mass is 127. The summed E-state index contributed by atoms with van der Waals surface area (Å²) in [6.45, 7) is 0. The van der Waals surface area contributed by atoms with Crippen LogP contribution >= 0.6 is 22.6 Å². The molecular weight excluding hydrogens is 336 g/mol. The smallest absolute Gasteiger partial charge is 0.185 e. The third kappa shape index (κ3) is 2.08. The third-order valence-electron chi connectivity index (χ3n) is 2.22. The van der Waals surface area contributed by atoms with E-state index in [1.807, 2.05) is 22.6 Å². The first kappa shape index (κ1) is 11.8. The van der Waals surface area contributed by atoms with E-state index in [0.29, 0.717) is 21.2 Å². The third-order valence-corrected chi connectivity index (χ3v) is 3.05. The van der Waals surface area contributed by atoms with Crippen molar-refractivity contribution in [3.8, 4) is 17.4 Å². The molecule has 0 fully saturated rings. The van der Waals surface area contributed by atoms with E-state index in [9.17, 15) is 9.18 Å². The van der Waals surface area contributed by atoms with E-state index >= 15 is 0 Å². The molecule has 0 radical (unpaired) electrons. The first-order valence-corrected chi connectivity index (χ1v) is 5.68. The van der Waals surface area contributed by atoms with Crippen LogP contribution in [-0.4, -0.2) is 6.29 Å². The molecule has 0 saturated heterocycles. The minimum atomic E-state index is -0.574. The Bertz CT molecular complexity index is 628. The molecule has 0 spiro atoms. The second-order valence-corrected chi connectivity index (χ2v) is 4.38. The van der Waals surface area contributed by atoms with E-state index in [4.69, 9.17) is 9.68 Å². The van der Waals surface area contributed by atoms with Crippen LogP contribution in [0.4, 0.5) is 4.39 Å². The van der Waals surface area contributed by atoms with Crippen LogP contribution in [0.25, 0.3) is 11.3 Å².